The maximum absolute atomic E-state index is 5.71. The van der Waals surface area contributed by atoms with Gasteiger partial charge in [-0.2, -0.15) is 0 Å². The smallest absolute Gasteiger partial charge is 0.190 e. The topological polar surface area (TPSA) is 54.9 Å². The van der Waals surface area contributed by atoms with Gasteiger partial charge in [-0.1, -0.05) is 38.5 Å². The van der Waals surface area contributed by atoms with Crippen molar-refractivity contribution < 1.29 is 9.47 Å². The SMILES string of the molecule is CN=C(NCCCCC1CCCC1)NCCCOCC1CCOC1.I. The van der Waals surface area contributed by atoms with E-state index in [9.17, 15) is 0 Å². The van der Waals surface area contributed by atoms with E-state index in [1.165, 1.54) is 44.9 Å². The van der Waals surface area contributed by atoms with Crippen molar-refractivity contribution >= 4 is 29.9 Å². The maximum Gasteiger partial charge on any atom is 0.190 e. The summed E-state index contributed by atoms with van der Waals surface area (Å²) in [4.78, 5) is 4.28. The van der Waals surface area contributed by atoms with Crippen molar-refractivity contribution in [2.75, 3.05) is 46.6 Å². The second-order valence-corrected chi connectivity index (χ2v) is 7.23. The van der Waals surface area contributed by atoms with Gasteiger partial charge < -0.3 is 20.1 Å². The molecule has 0 aromatic heterocycles. The van der Waals surface area contributed by atoms with Crippen LogP contribution < -0.4 is 10.6 Å². The minimum Gasteiger partial charge on any atom is -0.381 e. The highest BCUT2D eigenvalue weighted by Gasteiger charge is 2.15. The standard InChI is InChI=1S/C19H37N3O2.HI/c1-20-19(21-11-5-4-9-17-7-2-3-8-17)22-12-6-13-23-15-18-10-14-24-16-18;/h17-18H,2-16H2,1H3,(H2,20,21,22);1H. The molecule has 1 unspecified atom stereocenters. The number of ether oxygens (including phenoxy) is 2. The van der Waals surface area contributed by atoms with Gasteiger partial charge in [-0.3, -0.25) is 4.99 Å². The highest BCUT2D eigenvalue weighted by Crippen LogP contribution is 2.28. The zero-order chi connectivity index (χ0) is 16.9. The molecule has 2 fully saturated rings. The van der Waals surface area contributed by atoms with Gasteiger partial charge in [0.15, 0.2) is 5.96 Å². The van der Waals surface area contributed by atoms with Gasteiger partial charge in [0.05, 0.1) is 13.2 Å². The van der Waals surface area contributed by atoms with Gasteiger partial charge >= 0.3 is 0 Å². The molecule has 0 aromatic rings. The molecule has 2 N–H and O–H groups in total. The monoisotopic (exact) mass is 467 g/mol. The van der Waals surface area contributed by atoms with Gasteiger partial charge in [0.2, 0.25) is 0 Å². The van der Waals surface area contributed by atoms with E-state index in [2.05, 4.69) is 15.6 Å². The molecule has 0 amide bonds. The Balaban J connectivity index is 0.00000312. The van der Waals surface area contributed by atoms with Crippen molar-refractivity contribution in [2.45, 2.75) is 57.8 Å². The maximum atomic E-state index is 5.71. The van der Waals surface area contributed by atoms with E-state index in [1.807, 2.05) is 7.05 Å². The molecule has 1 aliphatic heterocycles. The van der Waals surface area contributed by atoms with E-state index in [4.69, 9.17) is 9.47 Å². The Kier molecular flexibility index (Phi) is 13.8. The van der Waals surface area contributed by atoms with Crippen LogP contribution >= 0.6 is 24.0 Å². The van der Waals surface area contributed by atoms with E-state index < -0.39 is 0 Å². The van der Waals surface area contributed by atoms with Crippen LogP contribution in [0.1, 0.15) is 57.8 Å². The summed E-state index contributed by atoms with van der Waals surface area (Å²) in [6.07, 6.45) is 12.0. The molecule has 6 heteroatoms. The fourth-order valence-corrected chi connectivity index (χ4v) is 3.63. The molecule has 0 spiro atoms. The van der Waals surface area contributed by atoms with Gasteiger partial charge in [0.25, 0.3) is 0 Å². The van der Waals surface area contributed by atoms with Crippen LogP contribution in [0, 0.1) is 11.8 Å². The summed E-state index contributed by atoms with van der Waals surface area (Å²) in [6, 6.07) is 0. The number of guanidine groups is 1. The fraction of sp³-hybridized carbons (Fsp3) is 0.947. The Labute approximate surface area is 171 Å². The second-order valence-electron chi connectivity index (χ2n) is 7.23. The van der Waals surface area contributed by atoms with E-state index in [0.29, 0.717) is 5.92 Å². The summed E-state index contributed by atoms with van der Waals surface area (Å²) >= 11 is 0. The zero-order valence-electron chi connectivity index (χ0n) is 15.9. The predicted octanol–water partition coefficient (Wildman–Crippen LogP) is 3.57. The molecule has 1 atom stereocenters. The Morgan fingerprint density at radius 1 is 1.04 bits per heavy atom. The minimum absolute atomic E-state index is 0. The molecule has 0 aromatic carbocycles. The van der Waals surface area contributed by atoms with Crippen LogP contribution in [-0.2, 0) is 9.47 Å². The van der Waals surface area contributed by atoms with E-state index >= 15 is 0 Å². The molecule has 2 rings (SSSR count). The lowest BCUT2D eigenvalue weighted by atomic mass is 10.0. The Bertz CT molecular complexity index is 344. The summed E-state index contributed by atoms with van der Waals surface area (Å²) in [5.41, 5.74) is 0. The van der Waals surface area contributed by atoms with Crippen LogP contribution in [-0.4, -0.2) is 52.5 Å². The van der Waals surface area contributed by atoms with Crippen molar-refractivity contribution in [3.8, 4) is 0 Å². The van der Waals surface area contributed by atoms with E-state index in [-0.39, 0.29) is 24.0 Å². The first kappa shape index (κ1) is 23.0. The predicted molar refractivity (Wildman–Crippen MR) is 115 cm³/mol. The van der Waals surface area contributed by atoms with Gasteiger partial charge in [-0.05, 0) is 25.2 Å². The molecule has 1 saturated heterocycles. The van der Waals surface area contributed by atoms with Gasteiger partial charge in [-0.15, -0.1) is 24.0 Å². The van der Waals surface area contributed by atoms with Crippen LogP contribution in [0.25, 0.3) is 0 Å². The second kappa shape index (κ2) is 15.0. The summed E-state index contributed by atoms with van der Waals surface area (Å²) in [7, 11) is 1.84. The largest absolute Gasteiger partial charge is 0.381 e. The Hall–Kier alpha value is -0.0800. The number of rotatable bonds is 11. The fourth-order valence-electron chi connectivity index (χ4n) is 3.63. The number of unbranched alkanes of at least 4 members (excludes halogenated alkanes) is 1. The molecular weight excluding hydrogens is 429 g/mol. The van der Waals surface area contributed by atoms with Gasteiger partial charge in [0, 0.05) is 39.3 Å². The Morgan fingerprint density at radius 3 is 2.48 bits per heavy atom. The molecule has 2 aliphatic rings. The quantitative estimate of drug-likeness (QED) is 0.211. The minimum atomic E-state index is 0. The number of nitrogens with zero attached hydrogens (tertiary/aromatic N) is 1. The van der Waals surface area contributed by atoms with Crippen LogP contribution in [0.4, 0.5) is 0 Å². The molecule has 148 valence electrons. The molecule has 1 heterocycles. The lowest BCUT2D eigenvalue weighted by molar-refractivity contribution is 0.0888. The van der Waals surface area contributed by atoms with E-state index in [0.717, 1.165) is 64.2 Å². The first-order valence-electron chi connectivity index (χ1n) is 9.98. The third kappa shape index (κ3) is 10.6. The van der Waals surface area contributed by atoms with Gasteiger partial charge in [0.1, 0.15) is 0 Å². The third-order valence-corrected chi connectivity index (χ3v) is 5.17. The van der Waals surface area contributed by atoms with E-state index in [1.54, 1.807) is 0 Å². The molecule has 5 nitrogen and oxygen atoms in total. The molecule has 0 radical (unpaired) electrons. The average molecular weight is 467 g/mol. The van der Waals surface area contributed by atoms with Crippen LogP contribution in [0.5, 0.6) is 0 Å². The number of aliphatic imine (C=N–C) groups is 1. The normalized spacial score (nSPS) is 21.3. The summed E-state index contributed by atoms with van der Waals surface area (Å²) < 4.78 is 11.1. The van der Waals surface area contributed by atoms with Crippen molar-refractivity contribution in [2.24, 2.45) is 16.8 Å². The van der Waals surface area contributed by atoms with Crippen molar-refractivity contribution in [1.29, 1.82) is 0 Å². The lowest BCUT2D eigenvalue weighted by Gasteiger charge is -2.13. The molecule has 1 saturated carbocycles. The van der Waals surface area contributed by atoms with Crippen LogP contribution in [0.15, 0.2) is 4.99 Å². The first-order chi connectivity index (χ1) is 11.9. The number of hydrogen-bond donors (Lipinski definition) is 2. The molecule has 0 bridgehead atoms. The highest BCUT2D eigenvalue weighted by atomic mass is 127. The van der Waals surface area contributed by atoms with Gasteiger partial charge in [-0.25, -0.2) is 0 Å². The van der Waals surface area contributed by atoms with Crippen molar-refractivity contribution in [3.63, 3.8) is 0 Å². The van der Waals surface area contributed by atoms with Crippen LogP contribution in [0.2, 0.25) is 0 Å². The zero-order valence-corrected chi connectivity index (χ0v) is 18.3. The first-order valence-corrected chi connectivity index (χ1v) is 9.98. The number of halogens is 1. The summed E-state index contributed by atoms with van der Waals surface area (Å²) in [5.74, 6) is 2.54. The average Bonchev–Trinajstić information content (AvgIpc) is 3.29. The molecular formula is C19H38IN3O2. The third-order valence-electron chi connectivity index (χ3n) is 5.17. The van der Waals surface area contributed by atoms with Crippen LogP contribution in [0.3, 0.4) is 0 Å². The summed E-state index contributed by atoms with van der Waals surface area (Å²) in [6.45, 7) is 5.34. The number of nitrogens with one attached hydrogen (secondary N) is 2. The molecule has 1 aliphatic carbocycles. The molecule has 25 heavy (non-hydrogen) atoms. The lowest BCUT2D eigenvalue weighted by Crippen LogP contribution is -2.38. The van der Waals surface area contributed by atoms with Crippen molar-refractivity contribution in [3.05, 3.63) is 0 Å². The van der Waals surface area contributed by atoms with Crippen molar-refractivity contribution in [1.82, 2.24) is 10.6 Å². The summed E-state index contributed by atoms with van der Waals surface area (Å²) in [5, 5.41) is 6.78. The highest BCUT2D eigenvalue weighted by molar-refractivity contribution is 14.0. The number of hydrogen-bond acceptors (Lipinski definition) is 3. The Morgan fingerprint density at radius 2 is 1.80 bits per heavy atom.